The number of imidazole rings is 1. The minimum atomic E-state index is -1.32. The molecule has 4 N–H and O–H groups in total. The van der Waals surface area contributed by atoms with Crippen LogP contribution in [0.4, 0.5) is 5.69 Å². The maximum atomic E-state index is 13.0. The van der Waals surface area contributed by atoms with Crippen LogP contribution in [0.3, 0.4) is 0 Å². The number of aromatic nitrogens is 3. The molecule has 2 atom stereocenters. The van der Waals surface area contributed by atoms with Crippen molar-refractivity contribution in [1.82, 2.24) is 24.8 Å². The average Bonchev–Trinajstić information content (AvgIpc) is 3.30. The standard InChI is InChI=1S/C24H33N7O5/c1-4-16(5-2)12-27-21(33)14-31-10-6-7-19(24(31)36)29-22(34)18(9-8-17(32)11-25)28-23(35)20-13-26-15-30(20)3/h6-7,10,13,15-18,32H,4-5,8-9,12,14H2,1-3H3,(H,27,33)(H,28,35)(H,29,34). The van der Waals surface area contributed by atoms with E-state index in [9.17, 15) is 24.3 Å². The van der Waals surface area contributed by atoms with Crippen LogP contribution < -0.4 is 21.5 Å². The first-order valence-electron chi connectivity index (χ1n) is 11.8. The molecule has 0 aliphatic heterocycles. The second-order valence-corrected chi connectivity index (χ2v) is 8.47. The molecule has 12 heteroatoms. The van der Waals surface area contributed by atoms with Crippen LogP contribution in [0.15, 0.2) is 35.6 Å². The van der Waals surface area contributed by atoms with Gasteiger partial charge in [-0.3, -0.25) is 19.2 Å². The van der Waals surface area contributed by atoms with Gasteiger partial charge >= 0.3 is 0 Å². The van der Waals surface area contributed by atoms with Crippen molar-refractivity contribution in [2.24, 2.45) is 13.0 Å². The van der Waals surface area contributed by atoms with Crippen LogP contribution in [0.25, 0.3) is 0 Å². The van der Waals surface area contributed by atoms with Crippen molar-refractivity contribution in [3.8, 4) is 6.07 Å². The van der Waals surface area contributed by atoms with Crippen molar-refractivity contribution in [1.29, 1.82) is 5.26 Å². The average molecular weight is 500 g/mol. The fourth-order valence-corrected chi connectivity index (χ4v) is 3.49. The Bertz CT molecular complexity index is 1150. The zero-order valence-electron chi connectivity index (χ0n) is 20.7. The van der Waals surface area contributed by atoms with E-state index in [0.717, 1.165) is 12.8 Å². The molecule has 0 aliphatic carbocycles. The van der Waals surface area contributed by atoms with Gasteiger partial charge in [0.25, 0.3) is 11.5 Å². The molecule has 2 heterocycles. The molecule has 0 saturated heterocycles. The second-order valence-electron chi connectivity index (χ2n) is 8.47. The Balaban J connectivity index is 2.13. The first kappa shape index (κ1) is 28.3. The predicted molar refractivity (Wildman–Crippen MR) is 132 cm³/mol. The van der Waals surface area contributed by atoms with Crippen LogP contribution in [-0.2, 0) is 23.2 Å². The maximum absolute atomic E-state index is 13.0. The van der Waals surface area contributed by atoms with Crippen LogP contribution >= 0.6 is 0 Å². The predicted octanol–water partition coefficient (Wildman–Crippen LogP) is 0.536. The lowest BCUT2D eigenvalue weighted by Gasteiger charge is -2.19. The monoisotopic (exact) mass is 499 g/mol. The number of rotatable bonds is 13. The summed E-state index contributed by atoms with van der Waals surface area (Å²) in [5, 5.41) is 26.3. The van der Waals surface area contributed by atoms with Crippen LogP contribution in [-0.4, -0.2) is 55.6 Å². The Morgan fingerprint density at radius 1 is 1.22 bits per heavy atom. The molecule has 2 rings (SSSR count). The highest BCUT2D eigenvalue weighted by Gasteiger charge is 2.24. The summed E-state index contributed by atoms with van der Waals surface area (Å²) in [5.41, 5.74) is -0.455. The number of hydrogen-bond acceptors (Lipinski definition) is 7. The van der Waals surface area contributed by atoms with Crippen LogP contribution in [0.1, 0.15) is 50.0 Å². The molecule has 0 bridgehead atoms. The van der Waals surface area contributed by atoms with Crippen molar-refractivity contribution in [2.45, 2.75) is 58.2 Å². The van der Waals surface area contributed by atoms with Gasteiger partial charge in [-0.15, -0.1) is 0 Å². The number of carbonyl (C=O) groups is 3. The van der Waals surface area contributed by atoms with Crippen molar-refractivity contribution in [3.63, 3.8) is 0 Å². The van der Waals surface area contributed by atoms with E-state index >= 15 is 0 Å². The smallest absolute Gasteiger partial charge is 0.274 e. The number of nitrogens with one attached hydrogen (secondary N) is 3. The normalized spacial score (nSPS) is 12.4. The van der Waals surface area contributed by atoms with E-state index in [-0.39, 0.29) is 36.7 Å². The van der Waals surface area contributed by atoms with Crippen molar-refractivity contribution in [2.75, 3.05) is 11.9 Å². The molecule has 36 heavy (non-hydrogen) atoms. The topological polar surface area (TPSA) is 171 Å². The summed E-state index contributed by atoms with van der Waals surface area (Å²) in [5.74, 6) is -1.25. The summed E-state index contributed by atoms with van der Waals surface area (Å²) in [6.07, 6.45) is 4.62. The highest BCUT2D eigenvalue weighted by Crippen LogP contribution is 2.08. The highest BCUT2D eigenvalue weighted by molar-refractivity contribution is 6.00. The number of pyridine rings is 1. The number of nitriles is 1. The Morgan fingerprint density at radius 3 is 2.56 bits per heavy atom. The van der Waals surface area contributed by atoms with E-state index in [1.165, 1.54) is 40.0 Å². The quantitative estimate of drug-likeness (QED) is 0.291. The molecule has 12 nitrogen and oxygen atoms in total. The second kappa shape index (κ2) is 13.8. The number of carbonyl (C=O) groups excluding carboxylic acids is 3. The number of amides is 3. The summed E-state index contributed by atoms with van der Waals surface area (Å²) in [4.78, 5) is 54.7. The highest BCUT2D eigenvalue weighted by atomic mass is 16.3. The summed E-state index contributed by atoms with van der Waals surface area (Å²) in [6, 6.07) is 3.43. The van der Waals surface area contributed by atoms with Crippen LogP contribution in [0.5, 0.6) is 0 Å². The Morgan fingerprint density at radius 2 is 1.94 bits per heavy atom. The largest absolute Gasteiger partial charge is 0.378 e. The van der Waals surface area contributed by atoms with E-state index < -0.39 is 29.5 Å². The molecule has 0 saturated carbocycles. The lowest BCUT2D eigenvalue weighted by atomic mass is 10.0. The van der Waals surface area contributed by atoms with Gasteiger partial charge in [-0.1, -0.05) is 26.7 Å². The van der Waals surface area contributed by atoms with E-state index in [1.54, 1.807) is 13.1 Å². The van der Waals surface area contributed by atoms with Gasteiger partial charge in [-0.2, -0.15) is 5.26 Å². The fraction of sp³-hybridized carbons (Fsp3) is 0.500. The number of aliphatic hydroxyl groups is 1. The minimum absolute atomic E-state index is 0.0520. The molecule has 2 aromatic heterocycles. The minimum Gasteiger partial charge on any atom is -0.378 e. The van der Waals surface area contributed by atoms with Crippen LogP contribution in [0.2, 0.25) is 0 Å². The molecular weight excluding hydrogens is 466 g/mol. The molecule has 3 amide bonds. The maximum Gasteiger partial charge on any atom is 0.274 e. The number of nitrogens with zero attached hydrogens (tertiary/aromatic N) is 4. The number of aliphatic hydroxyl groups excluding tert-OH is 1. The van der Waals surface area contributed by atoms with Crippen LogP contribution in [0, 0.1) is 17.2 Å². The van der Waals surface area contributed by atoms with Gasteiger partial charge in [0.2, 0.25) is 11.8 Å². The molecule has 0 aliphatic rings. The first-order valence-corrected chi connectivity index (χ1v) is 11.8. The van der Waals surface area contributed by atoms with Crippen molar-refractivity contribution in [3.05, 3.63) is 46.9 Å². The van der Waals surface area contributed by atoms with Gasteiger partial charge in [0.1, 0.15) is 30.1 Å². The SMILES string of the molecule is CCC(CC)CNC(=O)Cn1cccc(NC(=O)C(CCC(O)C#N)NC(=O)c2cncn2C)c1=O. The molecule has 0 fully saturated rings. The first-order chi connectivity index (χ1) is 17.2. The molecule has 0 radical (unpaired) electrons. The van der Waals surface area contributed by atoms with E-state index in [1.807, 2.05) is 13.8 Å². The fourth-order valence-electron chi connectivity index (χ4n) is 3.49. The van der Waals surface area contributed by atoms with Crippen molar-refractivity contribution < 1.29 is 19.5 Å². The summed E-state index contributed by atoms with van der Waals surface area (Å²) >= 11 is 0. The number of aryl methyl sites for hydroxylation is 1. The summed E-state index contributed by atoms with van der Waals surface area (Å²) < 4.78 is 2.65. The molecule has 2 aromatic rings. The lowest BCUT2D eigenvalue weighted by Crippen LogP contribution is -2.45. The van der Waals surface area contributed by atoms with Gasteiger partial charge < -0.3 is 30.2 Å². The third kappa shape index (κ3) is 8.06. The molecule has 2 unspecified atom stereocenters. The van der Waals surface area contributed by atoms with E-state index in [2.05, 4.69) is 20.9 Å². The van der Waals surface area contributed by atoms with Crippen molar-refractivity contribution >= 4 is 23.4 Å². The van der Waals surface area contributed by atoms with E-state index in [0.29, 0.717) is 12.5 Å². The number of anilines is 1. The molecule has 0 spiro atoms. The third-order valence-corrected chi connectivity index (χ3v) is 5.88. The lowest BCUT2D eigenvalue weighted by molar-refractivity contribution is -0.122. The van der Waals surface area contributed by atoms with Gasteiger partial charge in [0.05, 0.1) is 18.6 Å². The van der Waals surface area contributed by atoms with Gasteiger partial charge in [0.15, 0.2) is 0 Å². The van der Waals surface area contributed by atoms with Gasteiger partial charge in [0, 0.05) is 19.8 Å². The Labute approximate surface area is 209 Å². The zero-order valence-corrected chi connectivity index (χ0v) is 20.7. The molecular formula is C24H33N7O5. The Hall–Kier alpha value is -3.98. The number of hydrogen-bond donors (Lipinski definition) is 4. The molecule has 0 aromatic carbocycles. The van der Waals surface area contributed by atoms with Gasteiger partial charge in [-0.05, 0) is 30.9 Å². The molecule has 194 valence electrons. The van der Waals surface area contributed by atoms with E-state index in [4.69, 9.17) is 5.26 Å². The third-order valence-electron chi connectivity index (χ3n) is 5.88. The summed E-state index contributed by atoms with van der Waals surface area (Å²) in [7, 11) is 1.61. The Kier molecular flexibility index (Phi) is 10.8. The summed E-state index contributed by atoms with van der Waals surface area (Å²) in [6.45, 7) is 4.40. The van der Waals surface area contributed by atoms with Gasteiger partial charge in [-0.25, -0.2) is 4.98 Å². The zero-order chi connectivity index (χ0) is 26.7.